The molecular formula is C20H30ClN3O3. The smallest absolute Gasteiger partial charge is 0.253 e. The average molecular weight is 396 g/mol. The summed E-state index contributed by atoms with van der Waals surface area (Å²) in [6.45, 7) is 5.72. The van der Waals surface area contributed by atoms with Crippen LogP contribution in [0.5, 0.6) is 0 Å². The molecule has 1 heterocycles. The first-order chi connectivity index (χ1) is 13.2. The van der Waals surface area contributed by atoms with E-state index in [2.05, 4.69) is 15.5 Å². The Morgan fingerprint density at radius 2 is 2.00 bits per heavy atom. The quantitative estimate of drug-likeness (QED) is 0.445. The van der Waals surface area contributed by atoms with Gasteiger partial charge in [0.1, 0.15) is 0 Å². The van der Waals surface area contributed by atoms with Crippen LogP contribution in [0, 0.1) is 0 Å². The maximum absolute atomic E-state index is 12.8. The molecule has 150 valence electrons. The van der Waals surface area contributed by atoms with Crippen molar-refractivity contribution in [3.05, 3.63) is 23.8 Å². The van der Waals surface area contributed by atoms with E-state index in [1.54, 1.807) is 6.07 Å². The van der Waals surface area contributed by atoms with Gasteiger partial charge in [-0.25, -0.2) is 0 Å². The third kappa shape index (κ3) is 7.03. The number of ether oxygens (including phenoxy) is 1. The first-order valence-corrected chi connectivity index (χ1v) is 10.3. The zero-order chi connectivity index (χ0) is 19.5. The summed E-state index contributed by atoms with van der Waals surface area (Å²) in [4.78, 5) is 27.0. The van der Waals surface area contributed by atoms with Crippen LogP contribution in [-0.2, 0) is 9.53 Å². The molecule has 0 saturated carbocycles. The predicted molar refractivity (Wildman–Crippen MR) is 110 cm³/mol. The molecule has 0 atom stereocenters. The number of carbonyl (C=O) groups excluding carboxylic acids is 2. The number of nitrogens with zero attached hydrogens (tertiary/aromatic N) is 1. The highest BCUT2D eigenvalue weighted by Gasteiger charge is 2.20. The lowest BCUT2D eigenvalue weighted by molar-refractivity contribution is -0.116. The first kappa shape index (κ1) is 21.5. The van der Waals surface area contributed by atoms with Gasteiger partial charge < -0.3 is 20.3 Å². The van der Waals surface area contributed by atoms with Crippen LogP contribution in [0.1, 0.15) is 49.4 Å². The van der Waals surface area contributed by atoms with Crippen molar-refractivity contribution in [1.82, 2.24) is 5.32 Å². The fourth-order valence-electron chi connectivity index (χ4n) is 3.10. The number of halogens is 1. The molecule has 1 aromatic rings. The maximum atomic E-state index is 12.8. The number of benzene rings is 1. The van der Waals surface area contributed by atoms with Gasteiger partial charge in [-0.15, -0.1) is 11.6 Å². The number of anilines is 2. The van der Waals surface area contributed by atoms with Gasteiger partial charge in [-0.2, -0.15) is 0 Å². The standard InChI is InChI=1S/C20H30ClN3O3/c1-2-27-14-6-11-22-20(26)17-15-16(23-19(25)7-5-10-21)8-9-18(17)24-12-3-4-13-24/h8-9,15H,2-7,10-14H2,1H3,(H,22,26)(H,23,25). The van der Waals surface area contributed by atoms with Crippen molar-refractivity contribution in [2.75, 3.05) is 48.9 Å². The summed E-state index contributed by atoms with van der Waals surface area (Å²) in [5, 5.41) is 5.82. The van der Waals surface area contributed by atoms with Crippen molar-refractivity contribution in [3.63, 3.8) is 0 Å². The van der Waals surface area contributed by atoms with E-state index < -0.39 is 0 Å². The second-order valence-electron chi connectivity index (χ2n) is 6.57. The summed E-state index contributed by atoms with van der Waals surface area (Å²) in [6.07, 6.45) is 4.04. The molecule has 6 nitrogen and oxygen atoms in total. The lowest BCUT2D eigenvalue weighted by atomic mass is 10.1. The Morgan fingerprint density at radius 1 is 1.22 bits per heavy atom. The van der Waals surface area contributed by atoms with E-state index in [1.807, 2.05) is 19.1 Å². The SMILES string of the molecule is CCOCCCNC(=O)c1cc(NC(=O)CCCCl)ccc1N1CCCC1. The summed E-state index contributed by atoms with van der Waals surface area (Å²) in [5.41, 5.74) is 2.16. The van der Waals surface area contributed by atoms with Crippen molar-refractivity contribution in [2.24, 2.45) is 0 Å². The van der Waals surface area contributed by atoms with Crippen molar-refractivity contribution < 1.29 is 14.3 Å². The molecule has 0 unspecified atom stereocenters. The van der Waals surface area contributed by atoms with Crippen LogP contribution in [0.2, 0.25) is 0 Å². The van der Waals surface area contributed by atoms with Gasteiger partial charge in [-0.3, -0.25) is 9.59 Å². The zero-order valence-corrected chi connectivity index (χ0v) is 16.8. The Morgan fingerprint density at radius 3 is 2.70 bits per heavy atom. The highest BCUT2D eigenvalue weighted by atomic mass is 35.5. The minimum atomic E-state index is -0.120. The largest absolute Gasteiger partial charge is 0.382 e. The normalized spacial score (nSPS) is 13.6. The number of rotatable bonds is 11. The Bertz CT molecular complexity index is 618. The van der Waals surface area contributed by atoms with E-state index in [9.17, 15) is 9.59 Å². The number of carbonyl (C=O) groups is 2. The molecule has 2 amide bonds. The molecule has 1 saturated heterocycles. The van der Waals surface area contributed by atoms with Gasteiger partial charge in [0, 0.05) is 56.5 Å². The summed E-state index contributed by atoms with van der Waals surface area (Å²) in [6, 6.07) is 5.56. The molecule has 7 heteroatoms. The highest BCUT2D eigenvalue weighted by molar-refractivity contribution is 6.18. The first-order valence-electron chi connectivity index (χ1n) is 9.76. The van der Waals surface area contributed by atoms with Crippen molar-refractivity contribution in [1.29, 1.82) is 0 Å². The van der Waals surface area contributed by atoms with Gasteiger partial charge in [0.2, 0.25) is 5.91 Å². The van der Waals surface area contributed by atoms with Crippen LogP contribution < -0.4 is 15.5 Å². The molecule has 2 rings (SSSR count). The monoisotopic (exact) mass is 395 g/mol. The van der Waals surface area contributed by atoms with Crippen LogP contribution in [-0.4, -0.2) is 50.5 Å². The van der Waals surface area contributed by atoms with Crippen molar-refractivity contribution in [3.8, 4) is 0 Å². The van der Waals surface area contributed by atoms with E-state index >= 15 is 0 Å². The van der Waals surface area contributed by atoms with E-state index in [0.717, 1.165) is 38.0 Å². The van der Waals surface area contributed by atoms with Gasteiger partial charge in [-0.05, 0) is 50.8 Å². The Hall–Kier alpha value is -1.79. The molecule has 0 radical (unpaired) electrons. The van der Waals surface area contributed by atoms with Crippen LogP contribution in [0.3, 0.4) is 0 Å². The number of hydrogen-bond acceptors (Lipinski definition) is 4. The molecule has 1 aliphatic heterocycles. The summed E-state index contributed by atoms with van der Waals surface area (Å²) in [7, 11) is 0. The molecule has 1 aromatic carbocycles. The van der Waals surface area contributed by atoms with Gasteiger partial charge in [-0.1, -0.05) is 0 Å². The summed E-state index contributed by atoms with van der Waals surface area (Å²) < 4.78 is 5.30. The molecule has 1 fully saturated rings. The van der Waals surface area contributed by atoms with E-state index in [4.69, 9.17) is 16.3 Å². The summed E-state index contributed by atoms with van der Waals surface area (Å²) in [5.74, 6) is 0.245. The van der Waals surface area contributed by atoms with E-state index in [0.29, 0.717) is 49.7 Å². The molecular weight excluding hydrogens is 366 g/mol. The second-order valence-corrected chi connectivity index (χ2v) is 6.95. The number of amides is 2. The number of alkyl halides is 1. The highest BCUT2D eigenvalue weighted by Crippen LogP contribution is 2.27. The predicted octanol–water partition coefficient (Wildman–Crippen LogP) is 3.40. The van der Waals surface area contributed by atoms with Gasteiger partial charge in [0.05, 0.1) is 5.56 Å². The molecule has 0 spiro atoms. The fourth-order valence-corrected chi connectivity index (χ4v) is 3.23. The van der Waals surface area contributed by atoms with Crippen LogP contribution in [0.15, 0.2) is 18.2 Å². The molecule has 0 aliphatic carbocycles. The number of hydrogen-bond donors (Lipinski definition) is 2. The minimum absolute atomic E-state index is 0.0901. The Kier molecular flexibility index (Phi) is 9.42. The molecule has 27 heavy (non-hydrogen) atoms. The zero-order valence-electron chi connectivity index (χ0n) is 16.1. The molecule has 0 aromatic heterocycles. The third-order valence-corrected chi connectivity index (χ3v) is 4.73. The Balaban J connectivity index is 2.07. The molecule has 0 bridgehead atoms. The lowest BCUT2D eigenvalue weighted by Gasteiger charge is -2.22. The average Bonchev–Trinajstić information content (AvgIpc) is 3.20. The molecule has 1 aliphatic rings. The number of nitrogens with one attached hydrogen (secondary N) is 2. The summed E-state index contributed by atoms with van der Waals surface area (Å²) >= 11 is 5.64. The molecule has 2 N–H and O–H groups in total. The Labute approximate surface area is 166 Å². The van der Waals surface area contributed by atoms with E-state index in [1.165, 1.54) is 0 Å². The minimum Gasteiger partial charge on any atom is -0.382 e. The lowest BCUT2D eigenvalue weighted by Crippen LogP contribution is -2.29. The second kappa shape index (κ2) is 11.8. The van der Waals surface area contributed by atoms with Crippen LogP contribution >= 0.6 is 11.6 Å². The van der Waals surface area contributed by atoms with Crippen molar-refractivity contribution >= 4 is 34.8 Å². The van der Waals surface area contributed by atoms with Gasteiger partial charge >= 0.3 is 0 Å². The maximum Gasteiger partial charge on any atom is 0.253 e. The van der Waals surface area contributed by atoms with Gasteiger partial charge in [0.15, 0.2) is 0 Å². The third-order valence-electron chi connectivity index (χ3n) is 4.46. The van der Waals surface area contributed by atoms with Gasteiger partial charge in [0.25, 0.3) is 5.91 Å². The van der Waals surface area contributed by atoms with E-state index in [-0.39, 0.29) is 11.8 Å². The van der Waals surface area contributed by atoms with Crippen LogP contribution in [0.4, 0.5) is 11.4 Å². The fraction of sp³-hybridized carbons (Fsp3) is 0.600. The van der Waals surface area contributed by atoms with Crippen molar-refractivity contribution in [2.45, 2.75) is 39.0 Å². The van der Waals surface area contributed by atoms with Crippen LogP contribution in [0.25, 0.3) is 0 Å². The topological polar surface area (TPSA) is 70.7 Å².